The Balaban J connectivity index is 0.00000288. The number of ether oxygens (including phenoxy) is 2. The van der Waals surface area contributed by atoms with Gasteiger partial charge in [0.05, 0.1) is 12.2 Å². The summed E-state index contributed by atoms with van der Waals surface area (Å²) in [4.78, 5) is 14.4. The molecular weight excluding hydrogens is 328 g/mol. The number of amides is 1. The van der Waals surface area contributed by atoms with E-state index in [0.29, 0.717) is 25.5 Å². The molecular formula is C18H28ClN2O3-. The Labute approximate surface area is 151 Å². The number of aryl methyl sites for hydroxylation is 1. The maximum absolute atomic E-state index is 12.3. The Kier molecular flexibility index (Phi) is 8.93. The van der Waals surface area contributed by atoms with Crippen LogP contribution in [0.3, 0.4) is 0 Å². The fourth-order valence-electron chi connectivity index (χ4n) is 2.67. The third-order valence-corrected chi connectivity index (χ3v) is 4.06. The number of fused-ring (bicyclic) bond motifs is 1. The summed E-state index contributed by atoms with van der Waals surface area (Å²) >= 11 is 0. The first-order chi connectivity index (χ1) is 11.2. The van der Waals surface area contributed by atoms with Crippen LogP contribution < -0.4 is 27.2 Å². The van der Waals surface area contributed by atoms with E-state index in [1.807, 2.05) is 12.1 Å². The van der Waals surface area contributed by atoms with Crippen LogP contribution in [0.25, 0.3) is 0 Å². The summed E-state index contributed by atoms with van der Waals surface area (Å²) in [6, 6.07) is 4.05. The molecule has 136 valence electrons. The Hall–Kier alpha value is -1.46. The van der Waals surface area contributed by atoms with E-state index in [1.165, 1.54) is 5.56 Å². The highest BCUT2D eigenvalue weighted by Gasteiger charge is 2.19. The smallest absolute Gasteiger partial charge is 0.238 e. The van der Waals surface area contributed by atoms with E-state index in [1.54, 1.807) is 0 Å². The van der Waals surface area contributed by atoms with Gasteiger partial charge in [-0.25, -0.2) is 0 Å². The van der Waals surface area contributed by atoms with E-state index in [0.717, 1.165) is 43.8 Å². The fraction of sp³-hybridized carbons (Fsp3) is 0.611. The molecule has 0 radical (unpaired) electrons. The molecule has 0 aromatic heterocycles. The molecule has 0 bridgehead atoms. The first kappa shape index (κ1) is 20.6. The second kappa shape index (κ2) is 10.4. The second-order valence-electron chi connectivity index (χ2n) is 5.78. The van der Waals surface area contributed by atoms with E-state index in [-0.39, 0.29) is 18.3 Å². The molecule has 0 unspecified atom stereocenters. The number of nitrogens with zero attached hydrogens (tertiary/aromatic N) is 1. The minimum Gasteiger partial charge on any atom is -1.00 e. The SMILES string of the molecule is CCCCc1cc(NC(=O)CN(CC)CC)c2c(c1)OCCO2.[Cl-]. The molecule has 1 N–H and O–H groups in total. The van der Waals surface area contributed by atoms with Gasteiger partial charge in [0.2, 0.25) is 5.91 Å². The zero-order chi connectivity index (χ0) is 16.7. The summed E-state index contributed by atoms with van der Waals surface area (Å²) in [5.41, 5.74) is 1.90. The first-order valence-electron chi connectivity index (χ1n) is 8.62. The highest BCUT2D eigenvalue weighted by molar-refractivity contribution is 5.94. The highest BCUT2D eigenvalue weighted by Crippen LogP contribution is 2.39. The van der Waals surface area contributed by atoms with Gasteiger partial charge in [0.15, 0.2) is 11.5 Å². The number of rotatable bonds is 8. The zero-order valence-electron chi connectivity index (χ0n) is 14.9. The van der Waals surface area contributed by atoms with Crippen molar-refractivity contribution in [3.63, 3.8) is 0 Å². The van der Waals surface area contributed by atoms with E-state index >= 15 is 0 Å². The highest BCUT2D eigenvalue weighted by atomic mass is 35.5. The van der Waals surface area contributed by atoms with Gasteiger partial charge >= 0.3 is 0 Å². The molecule has 0 spiro atoms. The van der Waals surface area contributed by atoms with Gasteiger partial charge in [0, 0.05) is 0 Å². The van der Waals surface area contributed by atoms with Crippen LogP contribution in [-0.4, -0.2) is 43.7 Å². The standard InChI is InChI=1S/C18H28N2O3.ClH/c1-4-7-8-14-11-15(18-16(12-14)22-9-10-23-18)19-17(21)13-20(5-2)6-3;/h11-12H,4-10,13H2,1-3H3,(H,19,21);1H/p-1. The molecule has 0 atom stereocenters. The lowest BCUT2D eigenvalue weighted by Crippen LogP contribution is -3.00. The van der Waals surface area contributed by atoms with Gasteiger partial charge in [-0.15, -0.1) is 0 Å². The summed E-state index contributed by atoms with van der Waals surface area (Å²) in [7, 11) is 0. The predicted octanol–water partition coefficient (Wildman–Crippen LogP) is 0.0847. The number of nitrogens with one attached hydrogen (secondary N) is 1. The molecule has 1 heterocycles. The quantitative estimate of drug-likeness (QED) is 0.718. The van der Waals surface area contributed by atoms with Crippen molar-refractivity contribution in [3.05, 3.63) is 17.7 Å². The number of carbonyl (C=O) groups is 1. The molecule has 0 aliphatic carbocycles. The summed E-state index contributed by atoms with van der Waals surface area (Å²) in [6.07, 6.45) is 3.23. The number of halogens is 1. The summed E-state index contributed by atoms with van der Waals surface area (Å²) in [6.45, 7) is 9.46. The molecule has 2 rings (SSSR count). The average Bonchev–Trinajstić information content (AvgIpc) is 2.57. The normalized spacial score (nSPS) is 12.7. The molecule has 1 aromatic rings. The van der Waals surface area contributed by atoms with Crippen molar-refractivity contribution in [1.82, 2.24) is 4.90 Å². The lowest BCUT2D eigenvalue weighted by atomic mass is 10.1. The Morgan fingerprint density at radius 2 is 1.88 bits per heavy atom. The first-order valence-corrected chi connectivity index (χ1v) is 8.62. The van der Waals surface area contributed by atoms with E-state index < -0.39 is 0 Å². The zero-order valence-corrected chi connectivity index (χ0v) is 15.6. The van der Waals surface area contributed by atoms with Crippen LogP contribution in [0.5, 0.6) is 11.5 Å². The van der Waals surface area contributed by atoms with Crippen molar-refractivity contribution in [2.45, 2.75) is 40.0 Å². The van der Waals surface area contributed by atoms with Gasteiger partial charge in [-0.05, 0) is 43.6 Å². The van der Waals surface area contributed by atoms with Crippen molar-refractivity contribution < 1.29 is 26.7 Å². The molecule has 0 saturated carbocycles. The minimum atomic E-state index is -0.0160. The summed E-state index contributed by atoms with van der Waals surface area (Å²) < 4.78 is 11.4. The monoisotopic (exact) mass is 355 g/mol. The molecule has 1 aliphatic rings. The van der Waals surface area contributed by atoms with E-state index in [2.05, 4.69) is 31.0 Å². The number of anilines is 1. The number of likely N-dealkylation sites (N-methyl/N-ethyl adjacent to an activating group) is 1. The molecule has 5 nitrogen and oxygen atoms in total. The Morgan fingerprint density at radius 1 is 1.17 bits per heavy atom. The average molecular weight is 356 g/mol. The van der Waals surface area contributed by atoms with Crippen LogP contribution in [0, 0.1) is 0 Å². The number of benzene rings is 1. The number of hydrogen-bond donors (Lipinski definition) is 1. The van der Waals surface area contributed by atoms with Crippen LogP contribution in [-0.2, 0) is 11.2 Å². The number of carbonyl (C=O) groups excluding carboxylic acids is 1. The molecule has 1 aliphatic heterocycles. The van der Waals surface area contributed by atoms with Crippen LogP contribution in [0.4, 0.5) is 5.69 Å². The van der Waals surface area contributed by atoms with Gasteiger partial charge < -0.3 is 27.2 Å². The van der Waals surface area contributed by atoms with Crippen molar-refractivity contribution >= 4 is 11.6 Å². The van der Waals surface area contributed by atoms with Crippen LogP contribution in [0.2, 0.25) is 0 Å². The second-order valence-corrected chi connectivity index (χ2v) is 5.78. The molecule has 24 heavy (non-hydrogen) atoms. The summed E-state index contributed by atoms with van der Waals surface area (Å²) in [5.74, 6) is 1.38. The third-order valence-electron chi connectivity index (χ3n) is 4.06. The van der Waals surface area contributed by atoms with Crippen LogP contribution in [0.15, 0.2) is 12.1 Å². The Bertz CT molecular complexity index is 533. The molecule has 1 amide bonds. The maximum Gasteiger partial charge on any atom is 0.238 e. The van der Waals surface area contributed by atoms with Gasteiger partial charge in [0.1, 0.15) is 13.2 Å². The number of hydrogen-bond acceptors (Lipinski definition) is 4. The van der Waals surface area contributed by atoms with Crippen molar-refractivity contribution in [2.24, 2.45) is 0 Å². The fourth-order valence-corrected chi connectivity index (χ4v) is 2.67. The summed E-state index contributed by atoms with van der Waals surface area (Å²) in [5, 5.41) is 3.00. The topological polar surface area (TPSA) is 50.8 Å². The Morgan fingerprint density at radius 3 is 2.54 bits per heavy atom. The van der Waals surface area contributed by atoms with Crippen molar-refractivity contribution in [2.75, 3.05) is 38.2 Å². The van der Waals surface area contributed by atoms with Crippen molar-refractivity contribution in [3.8, 4) is 11.5 Å². The van der Waals surface area contributed by atoms with Gasteiger partial charge in [-0.2, -0.15) is 0 Å². The molecule has 0 saturated heterocycles. The molecule has 0 fully saturated rings. The van der Waals surface area contributed by atoms with E-state index in [9.17, 15) is 4.79 Å². The lowest BCUT2D eigenvalue weighted by molar-refractivity contribution is -0.117. The maximum atomic E-state index is 12.3. The largest absolute Gasteiger partial charge is 1.00 e. The van der Waals surface area contributed by atoms with Gasteiger partial charge in [-0.3, -0.25) is 9.69 Å². The van der Waals surface area contributed by atoms with Crippen molar-refractivity contribution in [1.29, 1.82) is 0 Å². The van der Waals surface area contributed by atoms with Crippen LogP contribution in [0.1, 0.15) is 39.2 Å². The molecule has 1 aromatic carbocycles. The third kappa shape index (κ3) is 5.56. The number of unbranched alkanes of at least 4 members (excludes halogenated alkanes) is 1. The van der Waals surface area contributed by atoms with Gasteiger partial charge in [-0.1, -0.05) is 27.2 Å². The minimum absolute atomic E-state index is 0. The van der Waals surface area contributed by atoms with Gasteiger partial charge in [0.25, 0.3) is 0 Å². The predicted molar refractivity (Wildman–Crippen MR) is 92.5 cm³/mol. The molecule has 6 heteroatoms. The van der Waals surface area contributed by atoms with Crippen LogP contribution >= 0.6 is 0 Å². The van der Waals surface area contributed by atoms with E-state index in [4.69, 9.17) is 9.47 Å². The lowest BCUT2D eigenvalue weighted by Gasteiger charge is -2.23.